The lowest BCUT2D eigenvalue weighted by atomic mass is 9.86. The smallest absolute Gasteiger partial charge is 0.0249 e. The summed E-state index contributed by atoms with van der Waals surface area (Å²) in [6.07, 6.45) is 16.9. The minimum Gasteiger partial charge on any atom is -0.0726 e. The third-order valence-electron chi connectivity index (χ3n) is 5.13. The van der Waals surface area contributed by atoms with Crippen LogP contribution in [-0.2, 0) is 6.42 Å². The topological polar surface area (TPSA) is 0 Å². The molecule has 0 radical (unpaired) electrons. The van der Waals surface area contributed by atoms with Crippen molar-refractivity contribution in [2.24, 2.45) is 5.92 Å². The second-order valence-electron chi connectivity index (χ2n) is 7.27. The van der Waals surface area contributed by atoms with E-state index >= 15 is 0 Å². The average molecular weight is 323 g/mol. The molecule has 1 aliphatic carbocycles. The minimum absolute atomic E-state index is 0.908. The summed E-state index contributed by atoms with van der Waals surface area (Å²) in [6.45, 7) is 4.53. The van der Waals surface area contributed by atoms with E-state index in [0.29, 0.717) is 0 Å². The Morgan fingerprint density at radius 1 is 0.917 bits per heavy atom. The van der Waals surface area contributed by atoms with Gasteiger partial charge in [0, 0.05) is 5.56 Å². The van der Waals surface area contributed by atoms with Crippen molar-refractivity contribution in [2.45, 2.75) is 84.5 Å². The van der Waals surface area contributed by atoms with Gasteiger partial charge in [-0.25, -0.2) is 0 Å². The Morgan fingerprint density at radius 3 is 2.38 bits per heavy atom. The molecule has 1 aliphatic rings. The van der Waals surface area contributed by atoms with Crippen LogP contribution in [0.25, 0.3) is 0 Å². The summed E-state index contributed by atoms with van der Waals surface area (Å²) in [5, 5.41) is 0. The molecular formula is C24H34. The molecule has 1 aromatic carbocycles. The first-order valence-electron chi connectivity index (χ1n) is 10.1. The molecule has 1 atom stereocenters. The molecule has 1 aromatic rings. The van der Waals surface area contributed by atoms with Crippen LogP contribution >= 0.6 is 0 Å². The van der Waals surface area contributed by atoms with Crippen molar-refractivity contribution in [3.8, 4) is 11.8 Å². The number of hydrogen-bond donors (Lipinski definition) is 0. The second-order valence-corrected chi connectivity index (χ2v) is 7.27. The van der Waals surface area contributed by atoms with Crippen LogP contribution in [0.1, 0.15) is 89.2 Å². The summed E-state index contributed by atoms with van der Waals surface area (Å²) in [6, 6.07) is 8.83. The van der Waals surface area contributed by atoms with E-state index < -0.39 is 0 Å². The van der Waals surface area contributed by atoms with Crippen LogP contribution in [0.4, 0.5) is 0 Å². The Kier molecular flexibility index (Phi) is 8.75. The zero-order chi connectivity index (χ0) is 17.0. The molecule has 0 nitrogen and oxygen atoms in total. The van der Waals surface area contributed by atoms with Crippen molar-refractivity contribution in [3.05, 3.63) is 47.0 Å². The molecule has 0 heteroatoms. The maximum absolute atomic E-state index is 3.41. The molecule has 0 aromatic heterocycles. The van der Waals surface area contributed by atoms with E-state index in [-0.39, 0.29) is 0 Å². The van der Waals surface area contributed by atoms with Crippen molar-refractivity contribution in [1.82, 2.24) is 0 Å². The normalized spacial score (nSPS) is 17.1. The van der Waals surface area contributed by atoms with Crippen molar-refractivity contribution in [1.29, 1.82) is 0 Å². The first kappa shape index (κ1) is 18.9. The van der Waals surface area contributed by atoms with E-state index in [4.69, 9.17) is 0 Å². The summed E-state index contributed by atoms with van der Waals surface area (Å²) in [5.74, 6) is 7.67. The Hall–Kier alpha value is -1.48. The molecule has 0 saturated carbocycles. The summed E-state index contributed by atoms with van der Waals surface area (Å²) in [4.78, 5) is 0. The van der Waals surface area contributed by atoms with Crippen molar-refractivity contribution in [2.75, 3.05) is 0 Å². The Morgan fingerprint density at radius 2 is 1.71 bits per heavy atom. The lowest BCUT2D eigenvalue weighted by molar-refractivity contribution is 0.417. The monoisotopic (exact) mass is 322 g/mol. The Bertz CT molecular complexity index is 550. The lowest BCUT2D eigenvalue weighted by Crippen LogP contribution is -2.05. The largest absolute Gasteiger partial charge is 0.0726 e. The minimum atomic E-state index is 0.908. The van der Waals surface area contributed by atoms with Gasteiger partial charge in [-0.15, -0.1) is 0 Å². The maximum Gasteiger partial charge on any atom is 0.0249 e. The highest BCUT2D eigenvalue weighted by atomic mass is 14.2. The highest BCUT2D eigenvalue weighted by Gasteiger charge is 2.12. The SMILES string of the molecule is CCCCCCC1CC=C(C#Cc2ccc(CCCC)cc2)CC1. The molecule has 0 aliphatic heterocycles. The van der Waals surface area contributed by atoms with Crippen LogP contribution in [0, 0.1) is 17.8 Å². The molecule has 0 saturated heterocycles. The fraction of sp³-hybridized carbons (Fsp3) is 0.583. The van der Waals surface area contributed by atoms with Gasteiger partial charge < -0.3 is 0 Å². The van der Waals surface area contributed by atoms with Gasteiger partial charge in [-0.1, -0.05) is 82.4 Å². The molecular weight excluding hydrogens is 288 g/mol. The van der Waals surface area contributed by atoms with Crippen LogP contribution in [-0.4, -0.2) is 0 Å². The molecule has 0 heterocycles. The quantitative estimate of drug-likeness (QED) is 0.354. The predicted molar refractivity (Wildman–Crippen MR) is 106 cm³/mol. The lowest BCUT2D eigenvalue weighted by Gasteiger charge is -2.19. The Balaban J connectivity index is 1.78. The third kappa shape index (κ3) is 6.96. The van der Waals surface area contributed by atoms with Gasteiger partial charge in [0.15, 0.2) is 0 Å². The summed E-state index contributed by atoms with van der Waals surface area (Å²) in [5.41, 5.74) is 3.94. The number of aryl methyl sites for hydroxylation is 1. The molecule has 130 valence electrons. The van der Waals surface area contributed by atoms with Gasteiger partial charge in [-0.05, 0) is 61.3 Å². The van der Waals surface area contributed by atoms with Crippen LogP contribution < -0.4 is 0 Å². The third-order valence-corrected chi connectivity index (χ3v) is 5.13. The van der Waals surface area contributed by atoms with Crippen molar-refractivity contribution in [3.63, 3.8) is 0 Å². The molecule has 0 amide bonds. The molecule has 0 N–H and O–H groups in total. The van der Waals surface area contributed by atoms with E-state index in [1.54, 1.807) is 0 Å². The van der Waals surface area contributed by atoms with Gasteiger partial charge in [0.05, 0.1) is 0 Å². The highest BCUT2D eigenvalue weighted by Crippen LogP contribution is 2.27. The van der Waals surface area contributed by atoms with Crippen LogP contribution in [0.15, 0.2) is 35.9 Å². The standard InChI is InChI=1S/C24H34/c1-3-5-7-8-10-22-13-17-24(18-14-22)20-19-23-15-11-21(12-16-23)9-6-4-2/h11-12,15-17,22H,3-10,13-14,18H2,1-2H3. The van der Waals surface area contributed by atoms with Gasteiger partial charge in [-0.2, -0.15) is 0 Å². The summed E-state index contributed by atoms with van der Waals surface area (Å²) < 4.78 is 0. The van der Waals surface area contributed by atoms with Gasteiger partial charge in [0.1, 0.15) is 0 Å². The highest BCUT2D eigenvalue weighted by molar-refractivity contribution is 5.42. The van der Waals surface area contributed by atoms with Gasteiger partial charge in [-0.3, -0.25) is 0 Å². The van der Waals surface area contributed by atoms with Crippen molar-refractivity contribution >= 4 is 0 Å². The van der Waals surface area contributed by atoms with Crippen molar-refractivity contribution < 1.29 is 0 Å². The zero-order valence-corrected chi connectivity index (χ0v) is 15.7. The van der Waals surface area contributed by atoms with E-state index in [9.17, 15) is 0 Å². The predicted octanol–water partition coefficient (Wildman–Crippen LogP) is 7.08. The number of unbranched alkanes of at least 4 members (excludes halogenated alkanes) is 4. The van der Waals surface area contributed by atoms with Gasteiger partial charge in [0.25, 0.3) is 0 Å². The van der Waals surface area contributed by atoms with E-state index in [1.165, 1.54) is 81.8 Å². The summed E-state index contributed by atoms with van der Waals surface area (Å²) >= 11 is 0. The Labute approximate surface area is 149 Å². The van der Waals surface area contributed by atoms with E-state index in [1.807, 2.05) is 0 Å². The summed E-state index contributed by atoms with van der Waals surface area (Å²) in [7, 11) is 0. The maximum atomic E-state index is 3.41. The van der Waals surface area contributed by atoms with Gasteiger partial charge in [0.2, 0.25) is 0 Å². The number of hydrogen-bond acceptors (Lipinski definition) is 0. The van der Waals surface area contributed by atoms with E-state index in [2.05, 4.69) is 56.0 Å². The molecule has 0 fully saturated rings. The fourth-order valence-electron chi connectivity index (χ4n) is 3.41. The average Bonchev–Trinajstić information content (AvgIpc) is 2.64. The number of rotatable bonds is 8. The first-order chi connectivity index (χ1) is 11.8. The number of allylic oxidation sites excluding steroid dienone is 2. The zero-order valence-electron chi connectivity index (χ0n) is 15.7. The van der Waals surface area contributed by atoms with E-state index in [0.717, 1.165) is 11.5 Å². The molecule has 1 unspecified atom stereocenters. The van der Waals surface area contributed by atoms with Gasteiger partial charge >= 0.3 is 0 Å². The number of benzene rings is 1. The molecule has 2 rings (SSSR count). The molecule has 24 heavy (non-hydrogen) atoms. The van der Waals surface area contributed by atoms with Crippen LogP contribution in [0.3, 0.4) is 0 Å². The molecule has 0 spiro atoms. The van der Waals surface area contributed by atoms with Crippen LogP contribution in [0.2, 0.25) is 0 Å². The first-order valence-corrected chi connectivity index (χ1v) is 10.1. The fourth-order valence-corrected chi connectivity index (χ4v) is 3.41. The van der Waals surface area contributed by atoms with Crippen LogP contribution in [0.5, 0.6) is 0 Å². The molecule has 0 bridgehead atoms. The second kappa shape index (κ2) is 11.1.